The third kappa shape index (κ3) is 3.83. The Hall–Kier alpha value is -0.860. The van der Waals surface area contributed by atoms with Gasteiger partial charge in [0.05, 0.1) is 0 Å². The lowest BCUT2D eigenvalue weighted by atomic mass is 9.97. The maximum Gasteiger partial charge on any atom is 0.0473 e. The van der Waals surface area contributed by atoms with E-state index in [1.807, 2.05) is 0 Å². The van der Waals surface area contributed by atoms with Gasteiger partial charge in [-0.1, -0.05) is 29.8 Å². The van der Waals surface area contributed by atoms with Crippen molar-refractivity contribution in [1.82, 2.24) is 10.2 Å². The first-order valence-electron chi connectivity index (χ1n) is 8.02. The normalized spacial score (nSPS) is 18.6. The lowest BCUT2D eigenvalue weighted by Crippen LogP contribution is -2.46. The molecule has 1 saturated carbocycles. The highest BCUT2D eigenvalue weighted by Gasteiger charge is 2.31. The van der Waals surface area contributed by atoms with E-state index in [1.54, 1.807) is 0 Å². The van der Waals surface area contributed by atoms with Crippen molar-refractivity contribution >= 4 is 0 Å². The first-order chi connectivity index (χ1) is 9.52. The second-order valence-corrected chi connectivity index (χ2v) is 6.65. The molecule has 1 N–H and O–H groups in total. The zero-order valence-corrected chi connectivity index (χ0v) is 13.7. The van der Waals surface area contributed by atoms with Crippen LogP contribution in [0.3, 0.4) is 0 Å². The summed E-state index contributed by atoms with van der Waals surface area (Å²) in [4.78, 5) is 2.67. The second-order valence-electron chi connectivity index (χ2n) is 6.65. The average Bonchev–Trinajstić information content (AvgIpc) is 3.22. The van der Waals surface area contributed by atoms with Crippen LogP contribution in [0.5, 0.6) is 0 Å². The van der Waals surface area contributed by atoms with Crippen LogP contribution in [-0.4, -0.2) is 30.6 Å². The van der Waals surface area contributed by atoms with Gasteiger partial charge in [0.1, 0.15) is 0 Å². The molecular formula is C18H30N2. The molecule has 2 rings (SSSR count). The smallest absolute Gasteiger partial charge is 0.0473 e. The molecular weight excluding hydrogens is 244 g/mol. The molecule has 0 bridgehead atoms. The minimum atomic E-state index is 0.400. The molecule has 2 unspecified atom stereocenters. The quantitative estimate of drug-likeness (QED) is 0.814. The fourth-order valence-corrected chi connectivity index (χ4v) is 3.10. The lowest BCUT2D eigenvalue weighted by Gasteiger charge is -2.38. The highest BCUT2D eigenvalue weighted by atomic mass is 15.2. The Morgan fingerprint density at radius 1 is 1.15 bits per heavy atom. The third-order valence-corrected chi connectivity index (χ3v) is 4.58. The Balaban J connectivity index is 2.12. The topological polar surface area (TPSA) is 15.3 Å². The molecule has 0 amide bonds. The van der Waals surface area contributed by atoms with E-state index in [2.05, 4.69) is 69.2 Å². The maximum absolute atomic E-state index is 3.52. The van der Waals surface area contributed by atoms with Gasteiger partial charge in [-0.25, -0.2) is 0 Å². The van der Waals surface area contributed by atoms with Crippen LogP contribution in [0.1, 0.15) is 50.8 Å². The molecule has 20 heavy (non-hydrogen) atoms. The Kier molecular flexibility index (Phi) is 5.22. The number of nitrogens with zero attached hydrogens (tertiary/aromatic N) is 1. The molecule has 0 radical (unpaired) electrons. The van der Waals surface area contributed by atoms with Crippen LogP contribution in [0.25, 0.3) is 0 Å². The summed E-state index contributed by atoms with van der Waals surface area (Å²) >= 11 is 0. The van der Waals surface area contributed by atoms with Gasteiger partial charge in [-0.15, -0.1) is 0 Å². The molecule has 2 heteroatoms. The minimum absolute atomic E-state index is 0.400. The third-order valence-electron chi connectivity index (χ3n) is 4.58. The zero-order valence-electron chi connectivity index (χ0n) is 13.7. The van der Waals surface area contributed by atoms with Crippen LogP contribution in [0.4, 0.5) is 0 Å². The van der Waals surface area contributed by atoms with Crippen molar-refractivity contribution < 1.29 is 0 Å². The summed E-state index contributed by atoms with van der Waals surface area (Å²) in [6.45, 7) is 10.4. The number of likely N-dealkylation sites (N-methyl/N-ethyl adjacent to an activating group) is 1. The molecule has 112 valence electrons. The van der Waals surface area contributed by atoms with E-state index < -0.39 is 0 Å². The van der Waals surface area contributed by atoms with Crippen molar-refractivity contribution in [2.45, 2.75) is 58.7 Å². The number of rotatable bonds is 7. The first kappa shape index (κ1) is 15.5. The molecule has 1 aromatic rings. The molecule has 0 aromatic heterocycles. The Labute approximate surface area is 124 Å². The number of benzene rings is 1. The monoisotopic (exact) mass is 274 g/mol. The summed E-state index contributed by atoms with van der Waals surface area (Å²) < 4.78 is 0. The SMILES string of the molecule is CNC(c1ccc(C)cc1)C(C)N(CC1CC1)C(C)C. The molecule has 0 spiro atoms. The van der Waals surface area contributed by atoms with Crippen molar-refractivity contribution in [3.8, 4) is 0 Å². The number of aryl methyl sites for hydroxylation is 1. The van der Waals surface area contributed by atoms with Crippen LogP contribution in [0, 0.1) is 12.8 Å². The number of nitrogens with one attached hydrogen (secondary N) is 1. The van der Waals surface area contributed by atoms with Crippen LogP contribution in [0.2, 0.25) is 0 Å². The van der Waals surface area contributed by atoms with E-state index in [-0.39, 0.29) is 0 Å². The fraction of sp³-hybridized carbons (Fsp3) is 0.667. The van der Waals surface area contributed by atoms with Crippen molar-refractivity contribution in [1.29, 1.82) is 0 Å². The van der Waals surface area contributed by atoms with Crippen molar-refractivity contribution in [2.75, 3.05) is 13.6 Å². The van der Waals surface area contributed by atoms with Crippen LogP contribution >= 0.6 is 0 Å². The summed E-state index contributed by atoms with van der Waals surface area (Å²) in [6, 6.07) is 10.5. The molecule has 1 aliphatic carbocycles. The van der Waals surface area contributed by atoms with Gasteiger partial charge in [0.15, 0.2) is 0 Å². The molecule has 1 fully saturated rings. The predicted octanol–water partition coefficient (Wildman–Crippen LogP) is 3.76. The van der Waals surface area contributed by atoms with E-state index in [4.69, 9.17) is 0 Å². The molecule has 2 atom stereocenters. The minimum Gasteiger partial charge on any atom is -0.312 e. The molecule has 0 saturated heterocycles. The van der Waals surface area contributed by atoms with E-state index >= 15 is 0 Å². The van der Waals surface area contributed by atoms with E-state index in [9.17, 15) is 0 Å². The summed E-state index contributed by atoms with van der Waals surface area (Å²) in [5.74, 6) is 0.940. The summed E-state index contributed by atoms with van der Waals surface area (Å²) in [6.07, 6.45) is 2.84. The van der Waals surface area contributed by atoms with Crippen LogP contribution in [0.15, 0.2) is 24.3 Å². The van der Waals surface area contributed by atoms with Gasteiger partial charge in [0.25, 0.3) is 0 Å². The first-order valence-corrected chi connectivity index (χ1v) is 8.02. The van der Waals surface area contributed by atoms with E-state index in [1.165, 1.54) is 30.5 Å². The standard InChI is InChI=1S/C18H30N2/c1-13(2)20(12-16-8-9-16)15(4)18(19-5)17-10-6-14(3)7-11-17/h6-7,10-11,13,15-16,18-19H,8-9,12H2,1-5H3. The highest BCUT2D eigenvalue weighted by molar-refractivity contribution is 5.25. The molecule has 0 aliphatic heterocycles. The van der Waals surface area contributed by atoms with Gasteiger partial charge in [-0.3, -0.25) is 4.90 Å². The molecule has 1 aliphatic rings. The van der Waals surface area contributed by atoms with Crippen molar-refractivity contribution in [3.63, 3.8) is 0 Å². The summed E-state index contributed by atoms with van der Waals surface area (Å²) in [5.41, 5.74) is 2.72. The maximum atomic E-state index is 3.52. The Bertz CT molecular complexity index is 406. The summed E-state index contributed by atoms with van der Waals surface area (Å²) in [7, 11) is 2.08. The Morgan fingerprint density at radius 2 is 1.75 bits per heavy atom. The van der Waals surface area contributed by atoms with Gasteiger partial charge < -0.3 is 5.32 Å². The lowest BCUT2D eigenvalue weighted by molar-refractivity contribution is 0.128. The summed E-state index contributed by atoms with van der Waals surface area (Å²) in [5, 5.41) is 3.52. The van der Waals surface area contributed by atoms with Crippen LogP contribution < -0.4 is 5.32 Å². The van der Waals surface area contributed by atoms with Gasteiger partial charge >= 0.3 is 0 Å². The molecule has 1 aromatic carbocycles. The van der Waals surface area contributed by atoms with Crippen LogP contribution in [-0.2, 0) is 0 Å². The van der Waals surface area contributed by atoms with Gasteiger partial charge in [0.2, 0.25) is 0 Å². The van der Waals surface area contributed by atoms with Crippen molar-refractivity contribution in [3.05, 3.63) is 35.4 Å². The van der Waals surface area contributed by atoms with Gasteiger partial charge in [0, 0.05) is 24.7 Å². The van der Waals surface area contributed by atoms with E-state index in [0.29, 0.717) is 18.1 Å². The Morgan fingerprint density at radius 3 is 2.20 bits per heavy atom. The fourth-order valence-electron chi connectivity index (χ4n) is 3.10. The molecule has 2 nitrogen and oxygen atoms in total. The van der Waals surface area contributed by atoms with Crippen molar-refractivity contribution in [2.24, 2.45) is 5.92 Å². The van der Waals surface area contributed by atoms with Gasteiger partial charge in [-0.2, -0.15) is 0 Å². The average molecular weight is 274 g/mol. The largest absolute Gasteiger partial charge is 0.312 e. The zero-order chi connectivity index (χ0) is 14.7. The van der Waals surface area contributed by atoms with E-state index in [0.717, 1.165) is 5.92 Å². The predicted molar refractivity (Wildman–Crippen MR) is 87.0 cm³/mol. The molecule has 0 heterocycles. The highest BCUT2D eigenvalue weighted by Crippen LogP contribution is 2.32. The number of hydrogen-bond acceptors (Lipinski definition) is 2. The second kappa shape index (κ2) is 6.73. The number of hydrogen-bond donors (Lipinski definition) is 1. The van der Waals surface area contributed by atoms with Gasteiger partial charge in [-0.05, 0) is 59.1 Å².